The van der Waals surface area contributed by atoms with Crippen LogP contribution in [0.2, 0.25) is 0 Å². The Morgan fingerprint density at radius 2 is 2.04 bits per heavy atom. The third kappa shape index (κ3) is 3.84. The zero-order valence-electron chi connectivity index (χ0n) is 14.2. The second-order valence-electron chi connectivity index (χ2n) is 7.14. The smallest absolute Gasteiger partial charge is 0.0897 e. The molecule has 4 rings (SSSR count). The average molecular weight is 326 g/mol. The fraction of sp³-hybridized carbons (Fsp3) is 0.579. The number of rotatable bonds is 5. The molecule has 24 heavy (non-hydrogen) atoms. The van der Waals surface area contributed by atoms with E-state index in [1.807, 2.05) is 24.7 Å². The van der Waals surface area contributed by atoms with Crippen molar-refractivity contribution < 1.29 is 4.74 Å². The van der Waals surface area contributed by atoms with E-state index in [1.165, 1.54) is 36.9 Å². The van der Waals surface area contributed by atoms with Crippen molar-refractivity contribution in [1.82, 2.24) is 19.7 Å². The Balaban J connectivity index is 1.43. The summed E-state index contributed by atoms with van der Waals surface area (Å²) in [7, 11) is 0. The van der Waals surface area contributed by atoms with Gasteiger partial charge in [0.2, 0.25) is 0 Å². The summed E-state index contributed by atoms with van der Waals surface area (Å²) in [6.07, 6.45) is 11.3. The highest BCUT2D eigenvalue weighted by Gasteiger charge is 2.24. The van der Waals surface area contributed by atoms with E-state index in [1.54, 1.807) is 0 Å². The molecule has 5 nitrogen and oxygen atoms in total. The van der Waals surface area contributed by atoms with Gasteiger partial charge in [0.05, 0.1) is 18.3 Å². The SMILES string of the molecule is c1cncc(CN2Cc3ccnn3C[C@H](OCC3CCCC3)C2)c1. The molecule has 1 saturated carbocycles. The van der Waals surface area contributed by atoms with Crippen molar-refractivity contribution in [2.45, 2.75) is 51.4 Å². The molecule has 5 heteroatoms. The number of hydrogen-bond donors (Lipinski definition) is 0. The first kappa shape index (κ1) is 15.8. The van der Waals surface area contributed by atoms with Crippen LogP contribution in [0.3, 0.4) is 0 Å². The summed E-state index contributed by atoms with van der Waals surface area (Å²) in [6, 6.07) is 6.27. The molecule has 2 aromatic heterocycles. The van der Waals surface area contributed by atoms with E-state index in [4.69, 9.17) is 4.74 Å². The van der Waals surface area contributed by atoms with Gasteiger partial charge in [-0.15, -0.1) is 0 Å². The van der Waals surface area contributed by atoms with Crippen molar-refractivity contribution >= 4 is 0 Å². The van der Waals surface area contributed by atoms with Gasteiger partial charge in [-0.2, -0.15) is 5.10 Å². The molecular formula is C19H26N4O. The van der Waals surface area contributed by atoms with Gasteiger partial charge in [0.1, 0.15) is 0 Å². The molecular weight excluding hydrogens is 300 g/mol. The summed E-state index contributed by atoms with van der Waals surface area (Å²) in [4.78, 5) is 6.70. The van der Waals surface area contributed by atoms with Crippen LogP contribution in [0, 0.1) is 5.92 Å². The molecule has 0 amide bonds. The number of ether oxygens (including phenoxy) is 1. The Morgan fingerprint density at radius 1 is 1.12 bits per heavy atom. The van der Waals surface area contributed by atoms with Gasteiger partial charge >= 0.3 is 0 Å². The van der Waals surface area contributed by atoms with Crippen LogP contribution in [0.1, 0.15) is 36.9 Å². The quantitative estimate of drug-likeness (QED) is 0.847. The minimum atomic E-state index is 0.212. The molecule has 0 unspecified atom stereocenters. The highest BCUT2D eigenvalue weighted by molar-refractivity contribution is 5.09. The van der Waals surface area contributed by atoms with Crippen LogP contribution in [0.15, 0.2) is 36.8 Å². The Morgan fingerprint density at radius 3 is 2.88 bits per heavy atom. The lowest BCUT2D eigenvalue weighted by atomic mass is 10.1. The van der Waals surface area contributed by atoms with Gasteiger partial charge < -0.3 is 4.74 Å². The number of fused-ring (bicyclic) bond motifs is 1. The Labute approximate surface area is 143 Å². The molecule has 1 aliphatic heterocycles. The van der Waals surface area contributed by atoms with Gasteiger partial charge in [-0.05, 0) is 36.5 Å². The van der Waals surface area contributed by atoms with Crippen LogP contribution >= 0.6 is 0 Å². The van der Waals surface area contributed by atoms with Crippen LogP contribution in [0.4, 0.5) is 0 Å². The number of hydrogen-bond acceptors (Lipinski definition) is 4. The Kier molecular flexibility index (Phi) is 4.90. The molecule has 0 saturated heterocycles. The van der Waals surface area contributed by atoms with Crippen molar-refractivity contribution in [3.63, 3.8) is 0 Å². The highest BCUT2D eigenvalue weighted by Crippen LogP contribution is 2.26. The molecule has 128 valence electrons. The first-order valence-electron chi connectivity index (χ1n) is 9.10. The molecule has 0 radical (unpaired) electrons. The number of aromatic nitrogens is 3. The van der Waals surface area contributed by atoms with Crippen LogP contribution in [0.25, 0.3) is 0 Å². The van der Waals surface area contributed by atoms with E-state index in [2.05, 4.69) is 31.8 Å². The van der Waals surface area contributed by atoms with Gasteiger partial charge in [0.25, 0.3) is 0 Å². The molecule has 0 spiro atoms. The average Bonchev–Trinajstić information content (AvgIpc) is 3.23. The van der Waals surface area contributed by atoms with E-state index < -0.39 is 0 Å². The van der Waals surface area contributed by atoms with Crippen LogP contribution in [-0.2, 0) is 24.4 Å². The predicted octanol–water partition coefficient (Wildman–Crippen LogP) is 2.87. The van der Waals surface area contributed by atoms with E-state index in [0.29, 0.717) is 0 Å². The van der Waals surface area contributed by atoms with E-state index in [9.17, 15) is 0 Å². The lowest BCUT2D eigenvalue weighted by molar-refractivity contribution is 0.000478. The zero-order chi connectivity index (χ0) is 16.2. The van der Waals surface area contributed by atoms with Gasteiger partial charge in [-0.3, -0.25) is 14.6 Å². The number of nitrogens with zero attached hydrogens (tertiary/aromatic N) is 4. The van der Waals surface area contributed by atoms with Crippen molar-refractivity contribution in [3.05, 3.63) is 48.0 Å². The van der Waals surface area contributed by atoms with Gasteiger partial charge in [-0.25, -0.2) is 0 Å². The van der Waals surface area contributed by atoms with Gasteiger partial charge in [0.15, 0.2) is 0 Å². The van der Waals surface area contributed by atoms with Crippen molar-refractivity contribution in [3.8, 4) is 0 Å². The van der Waals surface area contributed by atoms with Crippen LogP contribution in [-0.4, -0.2) is 38.9 Å². The standard InChI is InChI=1S/C19H26N4O/c1-2-5-16(4-1)15-24-19-13-22(11-17-6-3-8-20-10-17)12-18-7-9-21-23(18)14-19/h3,6-10,16,19H,1-2,4-5,11-15H2/t19-/m1/s1. The second kappa shape index (κ2) is 7.45. The molecule has 2 aliphatic rings. The summed E-state index contributed by atoms with van der Waals surface area (Å²) >= 11 is 0. The molecule has 1 aliphatic carbocycles. The Bertz CT molecular complexity index is 636. The topological polar surface area (TPSA) is 43.2 Å². The molecule has 1 atom stereocenters. The molecule has 0 aromatic carbocycles. The van der Waals surface area contributed by atoms with Crippen molar-refractivity contribution in [2.24, 2.45) is 5.92 Å². The van der Waals surface area contributed by atoms with E-state index in [0.717, 1.165) is 38.7 Å². The third-order valence-electron chi connectivity index (χ3n) is 5.20. The zero-order valence-corrected chi connectivity index (χ0v) is 14.2. The fourth-order valence-corrected chi connectivity index (χ4v) is 3.92. The summed E-state index contributed by atoms with van der Waals surface area (Å²) in [6.45, 7) is 4.53. The lowest BCUT2D eigenvalue weighted by Crippen LogP contribution is -2.33. The van der Waals surface area contributed by atoms with Crippen molar-refractivity contribution in [1.29, 1.82) is 0 Å². The number of pyridine rings is 1. The molecule has 3 heterocycles. The van der Waals surface area contributed by atoms with Crippen LogP contribution < -0.4 is 0 Å². The molecule has 0 N–H and O–H groups in total. The maximum Gasteiger partial charge on any atom is 0.0897 e. The molecule has 0 bridgehead atoms. The van der Waals surface area contributed by atoms with Crippen LogP contribution in [0.5, 0.6) is 0 Å². The first-order valence-corrected chi connectivity index (χ1v) is 9.10. The highest BCUT2D eigenvalue weighted by atomic mass is 16.5. The Hall–Kier alpha value is -1.72. The summed E-state index contributed by atoms with van der Waals surface area (Å²) < 4.78 is 8.44. The second-order valence-corrected chi connectivity index (χ2v) is 7.14. The first-order chi connectivity index (χ1) is 11.9. The van der Waals surface area contributed by atoms with Gasteiger partial charge in [-0.1, -0.05) is 18.9 Å². The maximum absolute atomic E-state index is 6.32. The fourth-order valence-electron chi connectivity index (χ4n) is 3.92. The van der Waals surface area contributed by atoms with Gasteiger partial charge in [0, 0.05) is 44.8 Å². The minimum Gasteiger partial charge on any atom is -0.375 e. The normalized spacial score (nSPS) is 22.4. The summed E-state index contributed by atoms with van der Waals surface area (Å²) in [5.74, 6) is 0.761. The van der Waals surface area contributed by atoms with E-state index in [-0.39, 0.29) is 6.10 Å². The lowest BCUT2D eigenvalue weighted by Gasteiger charge is -2.25. The van der Waals surface area contributed by atoms with E-state index >= 15 is 0 Å². The summed E-state index contributed by atoms with van der Waals surface area (Å²) in [5, 5.41) is 4.49. The predicted molar refractivity (Wildman–Crippen MR) is 92.3 cm³/mol. The minimum absolute atomic E-state index is 0.212. The molecule has 2 aromatic rings. The van der Waals surface area contributed by atoms with Crippen molar-refractivity contribution in [2.75, 3.05) is 13.2 Å². The third-order valence-corrected chi connectivity index (χ3v) is 5.20. The maximum atomic E-state index is 6.32. The summed E-state index contributed by atoms with van der Waals surface area (Å²) in [5.41, 5.74) is 2.52. The largest absolute Gasteiger partial charge is 0.375 e. The molecule has 1 fully saturated rings. The monoisotopic (exact) mass is 326 g/mol.